The zero-order valence-corrected chi connectivity index (χ0v) is 15.8. The van der Waals surface area contributed by atoms with E-state index in [0.29, 0.717) is 32.2 Å². The lowest BCUT2D eigenvalue weighted by Gasteiger charge is -2.31. The molecule has 1 saturated heterocycles. The van der Waals surface area contributed by atoms with Gasteiger partial charge in [0.05, 0.1) is 5.69 Å². The standard InChI is InChI=1S/C22H20FN3O3/c23-17-9-3-6-15-7-4-12-25(19(15)17)18(27)13-26-20(28)22(24-21(26)29)11-10-14-5-1-2-8-16(14)22/h1-3,5-6,8-9H,4,7,10-13H2,(H,24,29). The number of carbonyl (C=O) groups excluding carboxylic acids is 3. The zero-order valence-electron chi connectivity index (χ0n) is 15.8. The van der Waals surface area contributed by atoms with Crippen LogP contribution in [0, 0.1) is 5.82 Å². The van der Waals surface area contributed by atoms with E-state index in [9.17, 15) is 18.8 Å². The molecule has 148 valence electrons. The van der Waals surface area contributed by atoms with E-state index in [1.165, 1.54) is 11.0 Å². The number of aryl methyl sites for hydroxylation is 2. The lowest BCUT2D eigenvalue weighted by atomic mass is 9.92. The Morgan fingerprint density at radius 1 is 1.07 bits per heavy atom. The lowest BCUT2D eigenvalue weighted by Crippen LogP contribution is -2.46. The number of rotatable bonds is 2. The maximum absolute atomic E-state index is 14.4. The predicted molar refractivity (Wildman–Crippen MR) is 104 cm³/mol. The summed E-state index contributed by atoms with van der Waals surface area (Å²) in [6.45, 7) is -0.0350. The monoisotopic (exact) mass is 393 g/mol. The Balaban J connectivity index is 1.42. The fraction of sp³-hybridized carbons (Fsp3) is 0.318. The minimum Gasteiger partial charge on any atom is -0.319 e. The van der Waals surface area contributed by atoms with Crippen LogP contribution in [-0.4, -0.2) is 35.8 Å². The van der Waals surface area contributed by atoms with E-state index < -0.39 is 35.7 Å². The van der Waals surface area contributed by atoms with Crippen LogP contribution in [-0.2, 0) is 28.0 Å². The highest BCUT2D eigenvalue weighted by Gasteiger charge is 2.55. The van der Waals surface area contributed by atoms with E-state index in [4.69, 9.17) is 0 Å². The number of imide groups is 1. The summed E-state index contributed by atoms with van der Waals surface area (Å²) < 4.78 is 14.4. The minimum atomic E-state index is -1.10. The van der Waals surface area contributed by atoms with Crippen LogP contribution in [0.3, 0.4) is 0 Å². The summed E-state index contributed by atoms with van der Waals surface area (Å²) in [7, 11) is 0. The number of benzene rings is 2. The van der Waals surface area contributed by atoms with Gasteiger partial charge >= 0.3 is 6.03 Å². The molecule has 4 amide bonds. The lowest BCUT2D eigenvalue weighted by molar-refractivity contribution is -0.134. The maximum Gasteiger partial charge on any atom is 0.325 e. The van der Waals surface area contributed by atoms with Crippen molar-refractivity contribution < 1.29 is 18.8 Å². The van der Waals surface area contributed by atoms with Gasteiger partial charge in [-0.05, 0) is 48.4 Å². The van der Waals surface area contributed by atoms with Crippen LogP contribution in [0.25, 0.3) is 0 Å². The first kappa shape index (κ1) is 17.8. The first-order valence-electron chi connectivity index (χ1n) is 9.81. The van der Waals surface area contributed by atoms with Crippen molar-refractivity contribution >= 4 is 23.5 Å². The number of hydrogen-bond acceptors (Lipinski definition) is 3. The first-order chi connectivity index (χ1) is 14.0. The molecule has 2 aliphatic heterocycles. The van der Waals surface area contributed by atoms with Crippen molar-refractivity contribution in [1.82, 2.24) is 10.2 Å². The number of para-hydroxylation sites is 1. The molecule has 1 atom stereocenters. The molecular formula is C22H20FN3O3. The fourth-order valence-electron chi connectivity index (χ4n) is 4.81. The average Bonchev–Trinajstić information content (AvgIpc) is 3.21. The summed E-state index contributed by atoms with van der Waals surface area (Å²) in [6, 6.07) is 11.7. The van der Waals surface area contributed by atoms with E-state index >= 15 is 0 Å². The number of amides is 4. The molecule has 5 rings (SSSR count). The van der Waals surface area contributed by atoms with Crippen LogP contribution in [0.4, 0.5) is 14.9 Å². The van der Waals surface area contributed by atoms with Crippen molar-refractivity contribution in [2.24, 2.45) is 0 Å². The van der Waals surface area contributed by atoms with Crippen LogP contribution in [0.15, 0.2) is 42.5 Å². The van der Waals surface area contributed by atoms with Crippen molar-refractivity contribution in [3.8, 4) is 0 Å². The van der Waals surface area contributed by atoms with Gasteiger partial charge in [0.1, 0.15) is 17.9 Å². The molecule has 3 aliphatic rings. The maximum atomic E-state index is 14.4. The van der Waals surface area contributed by atoms with Crippen molar-refractivity contribution in [2.45, 2.75) is 31.2 Å². The number of halogens is 1. The van der Waals surface area contributed by atoms with Crippen LogP contribution in [0.5, 0.6) is 0 Å². The highest BCUT2D eigenvalue weighted by Crippen LogP contribution is 2.41. The predicted octanol–water partition coefficient (Wildman–Crippen LogP) is 2.50. The number of urea groups is 1. The van der Waals surface area contributed by atoms with E-state index in [0.717, 1.165) is 21.6 Å². The summed E-state index contributed by atoms with van der Waals surface area (Å²) >= 11 is 0. The molecule has 0 saturated carbocycles. The molecule has 0 radical (unpaired) electrons. The van der Waals surface area contributed by atoms with Gasteiger partial charge < -0.3 is 10.2 Å². The zero-order chi connectivity index (χ0) is 20.2. The van der Waals surface area contributed by atoms with E-state index in [-0.39, 0.29) is 5.69 Å². The third-order valence-electron chi connectivity index (χ3n) is 6.18. The molecule has 2 aromatic rings. The number of hydrogen-bond donors (Lipinski definition) is 1. The van der Waals surface area contributed by atoms with Gasteiger partial charge in [-0.25, -0.2) is 9.18 Å². The Kier molecular flexibility index (Phi) is 3.94. The van der Waals surface area contributed by atoms with Crippen molar-refractivity contribution in [3.63, 3.8) is 0 Å². The summed E-state index contributed by atoms with van der Waals surface area (Å²) in [6.07, 6.45) is 2.57. The normalized spacial score (nSPS) is 22.7. The second-order valence-corrected chi connectivity index (χ2v) is 7.78. The Labute approximate surface area is 167 Å². The average molecular weight is 393 g/mol. The molecular weight excluding hydrogens is 373 g/mol. The number of anilines is 1. The van der Waals surface area contributed by atoms with Crippen LogP contribution in [0.2, 0.25) is 0 Å². The SMILES string of the molecule is O=C1NC2(CCc3ccccc32)C(=O)N1CC(=O)N1CCCc2cccc(F)c21. The molecule has 1 aliphatic carbocycles. The van der Waals surface area contributed by atoms with Crippen molar-refractivity contribution in [1.29, 1.82) is 0 Å². The van der Waals surface area contributed by atoms with Gasteiger partial charge in [-0.2, -0.15) is 0 Å². The van der Waals surface area contributed by atoms with E-state index in [1.807, 2.05) is 24.3 Å². The van der Waals surface area contributed by atoms with E-state index in [1.54, 1.807) is 12.1 Å². The third kappa shape index (κ3) is 2.57. The molecule has 6 nitrogen and oxygen atoms in total. The molecule has 29 heavy (non-hydrogen) atoms. The summed E-state index contributed by atoms with van der Waals surface area (Å²) in [5.74, 6) is -1.33. The largest absolute Gasteiger partial charge is 0.325 e. The van der Waals surface area contributed by atoms with Crippen molar-refractivity contribution in [3.05, 3.63) is 65.0 Å². The molecule has 0 aromatic heterocycles. The van der Waals surface area contributed by atoms with Gasteiger partial charge in [-0.1, -0.05) is 36.4 Å². The third-order valence-corrected chi connectivity index (χ3v) is 6.18. The Morgan fingerprint density at radius 3 is 2.72 bits per heavy atom. The van der Waals surface area contributed by atoms with Crippen molar-refractivity contribution in [2.75, 3.05) is 18.0 Å². The molecule has 2 aromatic carbocycles. The van der Waals surface area contributed by atoms with Crippen LogP contribution in [0.1, 0.15) is 29.5 Å². The Bertz CT molecular complexity index is 1050. The number of fused-ring (bicyclic) bond motifs is 3. The van der Waals surface area contributed by atoms with Crippen LogP contribution >= 0.6 is 0 Å². The minimum absolute atomic E-state index is 0.261. The smallest absolute Gasteiger partial charge is 0.319 e. The molecule has 1 spiro atoms. The van der Waals surface area contributed by atoms with Gasteiger partial charge in [-0.15, -0.1) is 0 Å². The highest BCUT2D eigenvalue weighted by molar-refractivity contribution is 6.11. The molecule has 1 N–H and O–H groups in total. The quantitative estimate of drug-likeness (QED) is 0.797. The number of nitrogens with one attached hydrogen (secondary N) is 1. The Morgan fingerprint density at radius 2 is 1.86 bits per heavy atom. The summed E-state index contributed by atoms with van der Waals surface area (Å²) in [5.41, 5.74) is 1.75. The second kappa shape index (κ2) is 6.40. The summed E-state index contributed by atoms with van der Waals surface area (Å²) in [4.78, 5) is 41.2. The number of carbonyl (C=O) groups is 3. The summed E-state index contributed by atoms with van der Waals surface area (Å²) in [5, 5.41) is 2.82. The van der Waals surface area contributed by atoms with Gasteiger partial charge in [0, 0.05) is 6.54 Å². The highest BCUT2D eigenvalue weighted by atomic mass is 19.1. The van der Waals surface area contributed by atoms with E-state index in [2.05, 4.69) is 5.32 Å². The molecule has 1 unspecified atom stereocenters. The van der Waals surface area contributed by atoms with Gasteiger partial charge in [0.25, 0.3) is 5.91 Å². The molecule has 1 fully saturated rings. The Hall–Kier alpha value is -3.22. The molecule has 2 heterocycles. The molecule has 0 bridgehead atoms. The topological polar surface area (TPSA) is 69.7 Å². The van der Waals surface area contributed by atoms with Crippen LogP contribution < -0.4 is 10.2 Å². The van der Waals surface area contributed by atoms with Gasteiger partial charge in [-0.3, -0.25) is 14.5 Å². The van der Waals surface area contributed by atoms with Gasteiger partial charge in [0.15, 0.2) is 0 Å². The van der Waals surface area contributed by atoms with Gasteiger partial charge in [0.2, 0.25) is 5.91 Å². The first-order valence-corrected chi connectivity index (χ1v) is 9.81. The fourth-order valence-corrected chi connectivity index (χ4v) is 4.81. The molecule has 7 heteroatoms. The second-order valence-electron chi connectivity index (χ2n) is 7.78. The number of nitrogens with zero attached hydrogens (tertiary/aromatic N) is 2.